The summed E-state index contributed by atoms with van der Waals surface area (Å²) in [6, 6.07) is 15.8. The van der Waals surface area contributed by atoms with E-state index in [0.717, 1.165) is 0 Å². The third-order valence-electron chi connectivity index (χ3n) is 3.21. The lowest BCUT2D eigenvalue weighted by Crippen LogP contribution is -2.49. The molecule has 0 radical (unpaired) electrons. The van der Waals surface area contributed by atoms with Crippen molar-refractivity contribution >= 4 is 23.4 Å². The number of para-hydroxylation sites is 2. The van der Waals surface area contributed by atoms with E-state index in [1.807, 2.05) is 25.1 Å². The number of nitrogens with one attached hydrogen (secondary N) is 2. The van der Waals surface area contributed by atoms with Crippen molar-refractivity contribution in [1.29, 1.82) is 0 Å². The normalized spacial score (nSPS) is 11.3. The van der Waals surface area contributed by atoms with E-state index in [-0.39, 0.29) is 6.61 Å². The van der Waals surface area contributed by atoms with Crippen LogP contribution in [0, 0.1) is 0 Å². The third-order valence-corrected chi connectivity index (χ3v) is 3.52. The van der Waals surface area contributed by atoms with Crippen molar-refractivity contribution < 1.29 is 19.1 Å². The molecule has 2 rings (SSSR count). The molecule has 6 nitrogen and oxygen atoms in total. The Balaban J connectivity index is 1.77. The molecule has 0 fully saturated rings. The molecular formula is C18H19ClN2O4. The lowest BCUT2D eigenvalue weighted by atomic mass is 10.2. The highest BCUT2D eigenvalue weighted by molar-refractivity contribution is 6.32. The zero-order valence-electron chi connectivity index (χ0n) is 13.7. The first kappa shape index (κ1) is 18.6. The zero-order valence-corrected chi connectivity index (χ0v) is 14.5. The fraction of sp³-hybridized carbons (Fsp3) is 0.222. The molecule has 132 valence electrons. The third kappa shape index (κ3) is 6.00. The molecule has 0 aliphatic carbocycles. The predicted octanol–water partition coefficient (Wildman–Crippen LogP) is 2.72. The number of hydrogen-bond donors (Lipinski definition) is 2. The largest absolute Gasteiger partial charge is 0.482 e. The first-order valence-corrected chi connectivity index (χ1v) is 8.15. The van der Waals surface area contributed by atoms with Gasteiger partial charge in [-0.3, -0.25) is 20.4 Å². The Hall–Kier alpha value is -2.73. The summed E-state index contributed by atoms with van der Waals surface area (Å²) in [6.45, 7) is 1.54. The topological polar surface area (TPSA) is 76.7 Å². The number of ether oxygens (including phenoxy) is 2. The predicted molar refractivity (Wildman–Crippen MR) is 94.4 cm³/mol. The van der Waals surface area contributed by atoms with Gasteiger partial charge in [-0.2, -0.15) is 0 Å². The fourth-order valence-corrected chi connectivity index (χ4v) is 2.13. The van der Waals surface area contributed by atoms with E-state index in [9.17, 15) is 9.59 Å². The van der Waals surface area contributed by atoms with Gasteiger partial charge in [0.15, 0.2) is 12.7 Å². The van der Waals surface area contributed by atoms with Crippen LogP contribution < -0.4 is 20.3 Å². The molecular weight excluding hydrogens is 344 g/mol. The van der Waals surface area contributed by atoms with Crippen LogP contribution in [0.1, 0.15) is 13.3 Å². The van der Waals surface area contributed by atoms with Gasteiger partial charge in [0.25, 0.3) is 11.8 Å². The van der Waals surface area contributed by atoms with E-state index in [1.165, 1.54) is 0 Å². The molecule has 1 atom stereocenters. The highest BCUT2D eigenvalue weighted by Gasteiger charge is 2.19. The second-order valence-electron chi connectivity index (χ2n) is 5.08. The number of carbonyl (C=O) groups excluding carboxylic acids is 2. The molecule has 0 aliphatic heterocycles. The molecule has 0 aromatic heterocycles. The second kappa shape index (κ2) is 9.54. The number of rotatable bonds is 7. The molecule has 2 aromatic carbocycles. The molecule has 0 spiro atoms. The Labute approximate surface area is 151 Å². The van der Waals surface area contributed by atoms with Gasteiger partial charge in [-0.15, -0.1) is 0 Å². The molecule has 1 unspecified atom stereocenters. The van der Waals surface area contributed by atoms with Crippen molar-refractivity contribution in [3.63, 3.8) is 0 Å². The van der Waals surface area contributed by atoms with Gasteiger partial charge < -0.3 is 9.47 Å². The summed E-state index contributed by atoms with van der Waals surface area (Å²) in [7, 11) is 0. The Bertz CT molecular complexity index is 709. The quantitative estimate of drug-likeness (QED) is 0.742. The van der Waals surface area contributed by atoms with E-state index < -0.39 is 17.9 Å². The van der Waals surface area contributed by atoms with Crippen molar-refractivity contribution in [3.05, 3.63) is 59.6 Å². The summed E-state index contributed by atoms with van der Waals surface area (Å²) >= 11 is 5.93. The molecule has 0 heterocycles. The second-order valence-corrected chi connectivity index (χ2v) is 5.49. The smallest absolute Gasteiger partial charge is 0.279 e. The molecule has 2 aromatic rings. The van der Waals surface area contributed by atoms with Crippen LogP contribution in [-0.4, -0.2) is 24.5 Å². The molecule has 0 aliphatic rings. The Morgan fingerprint density at radius 1 is 1.04 bits per heavy atom. The first-order valence-electron chi connectivity index (χ1n) is 7.78. The number of carbonyl (C=O) groups is 2. The summed E-state index contributed by atoms with van der Waals surface area (Å²) in [5.41, 5.74) is 4.61. The van der Waals surface area contributed by atoms with Gasteiger partial charge in [0.2, 0.25) is 0 Å². The maximum atomic E-state index is 12.1. The van der Waals surface area contributed by atoms with E-state index >= 15 is 0 Å². The molecule has 2 amide bonds. The maximum absolute atomic E-state index is 12.1. The Morgan fingerprint density at radius 2 is 1.72 bits per heavy atom. The summed E-state index contributed by atoms with van der Waals surface area (Å²) in [4.78, 5) is 23.9. The highest BCUT2D eigenvalue weighted by Crippen LogP contribution is 2.22. The monoisotopic (exact) mass is 362 g/mol. The van der Waals surface area contributed by atoms with Crippen molar-refractivity contribution in [2.75, 3.05) is 6.61 Å². The summed E-state index contributed by atoms with van der Waals surface area (Å²) < 4.78 is 10.9. The van der Waals surface area contributed by atoms with Gasteiger partial charge in [0, 0.05) is 0 Å². The minimum absolute atomic E-state index is 0.277. The average molecular weight is 363 g/mol. The van der Waals surface area contributed by atoms with Crippen LogP contribution in [-0.2, 0) is 9.59 Å². The number of amides is 2. The number of benzene rings is 2. The average Bonchev–Trinajstić information content (AvgIpc) is 2.64. The fourth-order valence-electron chi connectivity index (χ4n) is 1.94. The highest BCUT2D eigenvalue weighted by atomic mass is 35.5. The van der Waals surface area contributed by atoms with Crippen molar-refractivity contribution in [3.8, 4) is 11.5 Å². The van der Waals surface area contributed by atoms with Crippen LogP contribution in [0.2, 0.25) is 5.02 Å². The van der Waals surface area contributed by atoms with Crippen LogP contribution in [0.5, 0.6) is 11.5 Å². The molecule has 25 heavy (non-hydrogen) atoms. The van der Waals surface area contributed by atoms with Gasteiger partial charge in [-0.1, -0.05) is 48.9 Å². The molecule has 0 saturated heterocycles. The van der Waals surface area contributed by atoms with Gasteiger partial charge in [-0.05, 0) is 30.7 Å². The van der Waals surface area contributed by atoms with Gasteiger partial charge in [0.1, 0.15) is 11.5 Å². The van der Waals surface area contributed by atoms with Crippen molar-refractivity contribution in [1.82, 2.24) is 10.9 Å². The van der Waals surface area contributed by atoms with Crippen LogP contribution in [0.4, 0.5) is 0 Å². The molecule has 2 N–H and O–H groups in total. The maximum Gasteiger partial charge on any atom is 0.279 e. The van der Waals surface area contributed by atoms with Crippen molar-refractivity contribution in [2.45, 2.75) is 19.4 Å². The standard InChI is InChI=1S/C18H19ClN2O4/c1-2-15(25-13-8-4-3-5-9-13)18(23)21-20-17(22)12-24-16-11-7-6-10-14(16)19/h3-11,15H,2,12H2,1H3,(H,20,22)(H,21,23). The van der Waals surface area contributed by atoms with Crippen LogP contribution in [0.25, 0.3) is 0 Å². The van der Waals surface area contributed by atoms with E-state index in [0.29, 0.717) is 22.9 Å². The molecule has 0 saturated carbocycles. The first-order chi connectivity index (χ1) is 12.1. The van der Waals surface area contributed by atoms with Crippen LogP contribution in [0.3, 0.4) is 0 Å². The lowest BCUT2D eigenvalue weighted by molar-refractivity contribution is -0.134. The number of hydrazine groups is 1. The zero-order chi connectivity index (χ0) is 18.1. The number of halogens is 1. The molecule has 7 heteroatoms. The minimum atomic E-state index is -0.716. The summed E-state index contributed by atoms with van der Waals surface area (Å²) in [5.74, 6) is 0.0163. The lowest BCUT2D eigenvalue weighted by Gasteiger charge is -2.17. The van der Waals surface area contributed by atoms with Gasteiger partial charge in [0.05, 0.1) is 5.02 Å². The van der Waals surface area contributed by atoms with E-state index in [2.05, 4.69) is 10.9 Å². The Morgan fingerprint density at radius 3 is 2.40 bits per heavy atom. The minimum Gasteiger partial charge on any atom is -0.482 e. The van der Waals surface area contributed by atoms with Crippen molar-refractivity contribution in [2.24, 2.45) is 0 Å². The van der Waals surface area contributed by atoms with Crippen LogP contribution in [0.15, 0.2) is 54.6 Å². The van der Waals surface area contributed by atoms with E-state index in [1.54, 1.807) is 36.4 Å². The van der Waals surface area contributed by atoms with Crippen LogP contribution >= 0.6 is 11.6 Å². The SMILES string of the molecule is CCC(Oc1ccccc1)C(=O)NNC(=O)COc1ccccc1Cl. The van der Waals surface area contributed by atoms with Gasteiger partial charge in [-0.25, -0.2) is 0 Å². The number of hydrogen-bond acceptors (Lipinski definition) is 4. The Kier molecular flexibility index (Phi) is 7.10. The van der Waals surface area contributed by atoms with E-state index in [4.69, 9.17) is 21.1 Å². The summed E-state index contributed by atoms with van der Waals surface area (Å²) in [5, 5.41) is 0.404. The van der Waals surface area contributed by atoms with Gasteiger partial charge >= 0.3 is 0 Å². The molecule has 0 bridgehead atoms. The summed E-state index contributed by atoms with van der Waals surface area (Å²) in [6.07, 6.45) is -0.264.